The van der Waals surface area contributed by atoms with Crippen molar-refractivity contribution in [1.82, 2.24) is 15.0 Å². The second kappa shape index (κ2) is 7.44. The topological polar surface area (TPSA) is 77.8 Å². The van der Waals surface area contributed by atoms with Gasteiger partial charge in [0, 0.05) is 28.5 Å². The summed E-state index contributed by atoms with van der Waals surface area (Å²) in [6.07, 6.45) is 6.47. The molecule has 0 aliphatic carbocycles. The zero-order valence-electron chi connectivity index (χ0n) is 13.9. The Kier molecular flexibility index (Phi) is 5.30. The van der Waals surface area contributed by atoms with Gasteiger partial charge in [-0.05, 0) is 24.7 Å². The molecule has 0 spiro atoms. The maximum absolute atomic E-state index is 5.81. The highest BCUT2D eigenvalue weighted by Gasteiger charge is 2.11. The van der Waals surface area contributed by atoms with Crippen molar-refractivity contribution in [2.45, 2.75) is 36.4 Å². The van der Waals surface area contributed by atoms with Gasteiger partial charge in [-0.2, -0.15) is 0 Å². The summed E-state index contributed by atoms with van der Waals surface area (Å²) in [6, 6.07) is 3.92. The smallest absolute Gasteiger partial charge is 0.190 e. The second-order valence-corrected chi connectivity index (χ2v) is 7.62. The molecule has 0 saturated heterocycles. The van der Waals surface area contributed by atoms with Crippen LogP contribution in [0.25, 0.3) is 11.0 Å². The molecule has 0 fully saturated rings. The van der Waals surface area contributed by atoms with Crippen LogP contribution < -0.4 is 5.73 Å². The number of thioether (sulfide) groups is 2. The summed E-state index contributed by atoms with van der Waals surface area (Å²) in [5.41, 5.74) is 8.93. The summed E-state index contributed by atoms with van der Waals surface area (Å²) in [4.78, 5) is 13.2. The van der Waals surface area contributed by atoms with Crippen LogP contribution in [0, 0.1) is 0 Å². The van der Waals surface area contributed by atoms with E-state index in [1.54, 1.807) is 29.6 Å². The lowest BCUT2D eigenvalue weighted by molar-refractivity contribution is 0.605. The van der Waals surface area contributed by atoms with Crippen LogP contribution in [-0.4, -0.2) is 27.0 Å². The summed E-state index contributed by atoms with van der Waals surface area (Å²) in [5, 5.41) is 2.76. The average molecular weight is 361 g/mol. The third kappa shape index (κ3) is 3.84. The summed E-state index contributed by atoms with van der Waals surface area (Å²) in [7, 11) is 0. The Morgan fingerprint density at radius 1 is 1.25 bits per heavy atom. The number of aryl methyl sites for hydroxylation is 1. The van der Waals surface area contributed by atoms with Gasteiger partial charge in [-0.25, -0.2) is 9.97 Å². The summed E-state index contributed by atoms with van der Waals surface area (Å²) in [5.74, 6) is 1.79. The van der Waals surface area contributed by atoms with Gasteiger partial charge in [0.05, 0.1) is 12.5 Å². The van der Waals surface area contributed by atoms with Gasteiger partial charge in [0.2, 0.25) is 0 Å². The number of nitrogens with two attached hydrogens (primary N) is 1. The maximum Gasteiger partial charge on any atom is 0.190 e. The van der Waals surface area contributed by atoms with E-state index in [0.29, 0.717) is 16.9 Å². The van der Waals surface area contributed by atoms with Crippen molar-refractivity contribution in [3.63, 3.8) is 0 Å². The molecule has 3 aromatic rings. The number of nitrogens with zero attached hydrogens (tertiary/aromatic N) is 3. The molecule has 0 aliphatic rings. The molecule has 0 atom stereocenters. The van der Waals surface area contributed by atoms with Gasteiger partial charge < -0.3 is 10.2 Å². The number of fused-ring (bicyclic) bond motifs is 1. The van der Waals surface area contributed by atoms with Gasteiger partial charge in [-0.15, -0.1) is 11.8 Å². The van der Waals surface area contributed by atoms with Crippen molar-refractivity contribution in [3.05, 3.63) is 35.9 Å². The van der Waals surface area contributed by atoms with E-state index in [1.165, 1.54) is 5.56 Å². The molecule has 2 N–H and O–H groups in total. The minimum atomic E-state index is 0.432. The monoisotopic (exact) mass is 360 g/mol. The molecule has 3 aromatic heterocycles. The number of rotatable bonds is 6. The third-order valence-corrected chi connectivity index (χ3v) is 5.15. The largest absolute Gasteiger partial charge is 0.462 e. The van der Waals surface area contributed by atoms with Crippen molar-refractivity contribution in [3.8, 4) is 0 Å². The fourth-order valence-electron chi connectivity index (χ4n) is 2.42. The fourth-order valence-corrected chi connectivity index (χ4v) is 3.72. The van der Waals surface area contributed by atoms with E-state index in [-0.39, 0.29) is 0 Å². The third-order valence-electron chi connectivity index (χ3n) is 3.67. The molecule has 7 heteroatoms. The lowest BCUT2D eigenvalue weighted by Crippen LogP contribution is -1.98. The van der Waals surface area contributed by atoms with E-state index in [0.717, 1.165) is 33.9 Å². The quantitative estimate of drug-likeness (QED) is 0.397. The van der Waals surface area contributed by atoms with Gasteiger partial charge in [-0.3, -0.25) is 4.98 Å². The average Bonchev–Trinajstić information content (AvgIpc) is 2.97. The molecule has 5 nitrogen and oxygen atoms in total. The zero-order valence-corrected chi connectivity index (χ0v) is 15.6. The van der Waals surface area contributed by atoms with E-state index >= 15 is 0 Å². The van der Waals surface area contributed by atoms with Crippen LogP contribution in [0.5, 0.6) is 0 Å². The molecule has 0 radical (unpaired) electrons. The number of aromatic nitrogens is 3. The number of hydrogen-bond donors (Lipinski definition) is 1. The highest BCUT2D eigenvalue weighted by Crippen LogP contribution is 2.28. The minimum absolute atomic E-state index is 0.432. The first-order valence-electron chi connectivity index (χ1n) is 7.74. The van der Waals surface area contributed by atoms with Crippen LogP contribution in [0.2, 0.25) is 0 Å². The van der Waals surface area contributed by atoms with Crippen molar-refractivity contribution < 1.29 is 4.42 Å². The van der Waals surface area contributed by atoms with Crippen LogP contribution in [-0.2, 0) is 6.42 Å². The molecular formula is C17H20N4OS2. The zero-order chi connectivity index (χ0) is 17.1. The van der Waals surface area contributed by atoms with Gasteiger partial charge >= 0.3 is 0 Å². The molecule has 0 saturated carbocycles. The van der Waals surface area contributed by atoms with E-state index < -0.39 is 0 Å². The number of anilines is 1. The van der Waals surface area contributed by atoms with Crippen LogP contribution in [0.15, 0.2) is 39.2 Å². The highest BCUT2D eigenvalue weighted by molar-refractivity contribution is 7.99. The van der Waals surface area contributed by atoms with Crippen molar-refractivity contribution in [1.29, 1.82) is 0 Å². The first kappa shape index (κ1) is 17.1. The molecular weight excluding hydrogens is 340 g/mol. The predicted molar refractivity (Wildman–Crippen MR) is 101 cm³/mol. The Labute approximate surface area is 149 Å². The molecule has 126 valence electrons. The predicted octanol–water partition coefficient (Wildman–Crippen LogP) is 4.38. The first-order chi connectivity index (χ1) is 11.6. The molecule has 0 aromatic carbocycles. The van der Waals surface area contributed by atoms with E-state index in [1.807, 2.05) is 18.7 Å². The minimum Gasteiger partial charge on any atom is -0.462 e. The SMILES string of the molecule is CSc1cc(N)nc(SCCc2cc3c(C(C)C)coc3cn2)n1. The molecule has 3 heterocycles. The Hall–Kier alpha value is -1.73. The lowest BCUT2D eigenvalue weighted by atomic mass is 10.0. The van der Waals surface area contributed by atoms with Crippen molar-refractivity contribution >= 4 is 40.3 Å². The molecule has 0 unspecified atom stereocenters. The Morgan fingerprint density at radius 3 is 2.83 bits per heavy atom. The van der Waals surface area contributed by atoms with Crippen LogP contribution in [0.3, 0.4) is 0 Å². The summed E-state index contributed by atoms with van der Waals surface area (Å²) < 4.78 is 5.57. The number of furan rings is 1. The van der Waals surface area contributed by atoms with Gasteiger partial charge in [0.25, 0.3) is 0 Å². The van der Waals surface area contributed by atoms with E-state index in [2.05, 4.69) is 34.9 Å². The molecule has 3 rings (SSSR count). The van der Waals surface area contributed by atoms with Gasteiger partial charge in [-0.1, -0.05) is 25.6 Å². The molecule has 24 heavy (non-hydrogen) atoms. The van der Waals surface area contributed by atoms with Crippen LogP contribution in [0.1, 0.15) is 31.0 Å². The van der Waals surface area contributed by atoms with E-state index in [4.69, 9.17) is 10.2 Å². The number of nitrogen functional groups attached to an aromatic ring is 1. The van der Waals surface area contributed by atoms with Crippen molar-refractivity contribution in [2.75, 3.05) is 17.7 Å². The standard InChI is InChI=1S/C17H20N4OS2/c1-10(2)13-9-22-14-8-19-11(6-12(13)14)4-5-24-17-20-15(18)7-16(21-17)23-3/h6-10H,4-5H2,1-3H3,(H2,18,20,21). The fraction of sp³-hybridized carbons (Fsp3) is 0.353. The Morgan fingerprint density at radius 2 is 2.08 bits per heavy atom. The normalized spacial score (nSPS) is 11.5. The second-order valence-electron chi connectivity index (χ2n) is 5.73. The highest BCUT2D eigenvalue weighted by atomic mass is 32.2. The number of pyridine rings is 1. The summed E-state index contributed by atoms with van der Waals surface area (Å²) in [6.45, 7) is 4.33. The van der Waals surface area contributed by atoms with Gasteiger partial charge in [0.1, 0.15) is 10.8 Å². The molecule has 0 aliphatic heterocycles. The molecule has 0 amide bonds. The van der Waals surface area contributed by atoms with Crippen LogP contribution >= 0.6 is 23.5 Å². The first-order valence-corrected chi connectivity index (χ1v) is 9.95. The summed E-state index contributed by atoms with van der Waals surface area (Å²) >= 11 is 3.16. The Balaban J connectivity index is 1.69. The Bertz CT molecular complexity index is 848. The number of hydrogen-bond acceptors (Lipinski definition) is 7. The maximum atomic E-state index is 5.81. The lowest BCUT2D eigenvalue weighted by Gasteiger charge is -2.05. The molecule has 0 bridgehead atoms. The van der Waals surface area contributed by atoms with Crippen LogP contribution in [0.4, 0.5) is 5.82 Å². The van der Waals surface area contributed by atoms with E-state index in [9.17, 15) is 0 Å². The van der Waals surface area contributed by atoms with Gasteiger partial charge in [0.15, 0.2) is 10.7 Å². The van der Waals surface area contributed by atoms with Crippen molar-refractivity contribution in [2.24, 2.45) is 0 Å².